The van der Waals surface area contributed by atoms with E-state index in [9.17, 15) is 33.0 Å². The number of carbonyl (C=O) groups excluding carboxylic acids is 2. The van der Waals surface area contributed by atoms with Crippen LogP contribution in [0.2, 0.25) is 0 Å². The zero-order valence-corrected chi connectivity index (χ0v) is 25.1. The third-order valence-corrected chi connectivity index (χ3v) is 8.39. The smallest absolute Gasteiger partial charge is 0.334 e. The molecule has 12 heteroatoms. The Bertz CT molecular complexity index is 1740. The van der Waals surface area contributed by atoms with Crippen LogP contribution in [0.25, 0.3) is 11.1 Å². The van der Waals surface area contributed by atoms with E-state index in [1.54, 1.807) is 65.3 Å². The van der Waals surface area contributed by atoms with E-state index in [0.29, 0.717) is 24.1 Å². The van der Waals surface area contributed by atoms with Gasteiger partial charge in [-0.2, -0.15) is 5.10 Å². The Morgan fingerprint density at radius 3 is 2.23 bits per heavy atom. The Balaban J connectivity index is 1.55. The van der Waals surface area contributed by atoms with Crippen molar-refractivity contribution in [1.29, 1.82) is 0 Å². The molecule has 2 atom stereocenters. The van der Waals surface area contributed by atoms with Gasteiger partial charge in [-0.15, -0.1) is 0 Å². The molecule has 0 saturated heterocycles. The predicted molar refractivity (Wildman–Crippen MR) is 163 cm³/mol. The van der Waals surface area contributed by atoms with Crippen LogP contribution in [0.15, 0.2) is 89.8 Å². The molecule has 230 valence electrons. The number of hydrogen-bond acceptors (Lipinski definition) is 7. The number of nitrogens with zero attached hydrogens (tertiary/aromatic N) is 2. The molecule has 4 rings (SSSR count). The van der Waals surface area contributed by atoms with Crippen molar-refractivity contribution in [3.63, 3.8) is 0 Å². The fraction of sp³-hybridized carbons (Fsp3) is 0.250. The summed E-state index contributed by atoms with van der Waals surface area (Å²) in [7, 11) is -4.05. The fourth-order valence-corrected chi connectivity index (χ4v) is 6.05. The molecule has 0 aliphatic carbocycles. The van der Waals surface area contributed by atoms with Crippen LogP contribution in [-0.4, -0.2) is 58.3 Å². The number of aliphatic hydroxyl groups excluding tert-OH is 1. The number of nitrogens with one attached hydrogen (secondary N) is 2. The summed E-state index contributed by atoms with van der Waals surface area (Å²) < 4.78 is 29.1. The van der Waals surface area contributed by atoms with Crippen LogP contribution < -0.4 is 10.0 Å². The first-order valence-corrected chi connectivity index (χ1v) is 15.5. The molecule has 2 amide bonds. The van der Waals surface area contributed by atoms with Gasteiger partial charge in [0.05, 0.1) is 17.5 Å². The summed E-state index contributed by atoms with van der Waals surface area (Å²) in [6.07, 6.45) is -0.268. The zero-order chi connectivity index (χ0) is 31.9. The standard InChI is InChI=1S/C32H34N4O7S/c1-3-9-25-19-28(31(39)33-27(30(38)32(40)41)18-22-10-5-4-6-11-22)34-36(25)20-23-14-16-24(17-15-23)26-12-7-8-13-29(26)44(42,43)35-21(2)37/h4-8,10-17,19,27,30,38H,3,9,18,20H2,1-2H3,(H,33,39)(H,35,37)(H,40,41)/t27-,30-/m1/s1. The second-order valence-electron chi connectivity index (χ2n) is 10.3. The number of carboxylic acids is 1. The Kier molecular flexibility index (Phi) is 10.3. The van der Waals surface area contributed by atoms with E-state index in [0.717, 1.165) is 30.2 Å². The summed E-state index contributed by atoms with van der Waals surface area (Å²) in [5, 5.41) is 26.8. The molecule has 0 spiro atoms. The molecule has 0 aliphatic heterocycles. The summed E-state index contributed by atoms with van der Waals surface area (Å²) in [5.41, 5.74) is 3.56. The molecule has 11 nitrogen and oxygen atoms in total. The lowest BCUT2D eigenvalue weighted by Gasteiger charge is -2.21. The van der Waals surface area contributed by atoms with Crippen LogP contribution in [0.4, 0.5) is 0 Å². The quantitative estimate of drug-likeness (QED) is 0.177. The highest BCUT2D eigenvalue weighted by molar-refractivity contribution is 7.90. The van der Waals surface area contributed by atoms with Crippen molar-refractivity contribution in [3.05, 3.63) is 107 Å². The van der Waals surface area contributed by atoms with Crippen LogP contribution in [0.5, 0.6) is 0 Å². The van der Waals surface area contributed by atoms with Crippen molar-refractivity contribution in [3.8, 4) is 11.1 Å². The van der Waals surface area contributed by atoms with E-state index in [2.05, 4.69) is 10.4 Å². The van der Waals surface area contributed by atoms with Gasteiger partial charge in [0.25, 0.3) is 15.9 Å². The fourth-order valence-electron chi connectivity index (χ4n) is 4.83. The van der Waals surface area contributed by atoms with Gasteiger partial charge >= 0.3 is 5.97 Å². The molecule has 0 unspecified atom stereocenters. The lowest BCUT2D eigenvalue weighted by Crippen LogP contribution is -2.48. The first-order valence-electron chi connectivity index (χ1n) is 14.0. The molecular weight excluding hydrogens is 584 g/mol. The summed E-state index contributed by atoms with van der Waals surface area (Å²) in [4.78, 5) is 36.2. The van der Waals surface area contributed by atoms with Gasteiger partial charge in [-0.1, -0.05) is 86.1 Å². The Hall–Kier alpha value is -4.81. The predicted octanol–water partition coefficient (Wildman–Crippen LogP) is 3.16. The third-order valence-electron chi connectivity index (χ3n) is 6.90. The number of aliphatic carboxylic acids is 1. The summed E-state index contributed by atoms with van der Waals surface area (Å²) in [6.45, 7) is 3.45. The van der Waals surface area contributed by atoms with Crippen molar-refractivity contribution in [2.45, 2.75) is 56.7 Å². The van der Waals surface area contributed by atoms with Crippen molar-refractivity contribution in [2.24, 2.45) is 0 Å². The molecule has 0 saturated carbocycles. The van der Waals surface area contributed by atoms with Crippen LogP contribution in [-0.2, 0) is 39.0 Å². The minimum absolute atomic E-state index is 0.0190. The van der Waals surface area contributed by atoms with Gasteiger partial charge in [-0.3, -0.25) is 14.3 Å². The maximum atomic E-state index is 13.2. The van der Waals surface area contributed by atoms with E-state index in [1.807, 2.05) is 29.8 Å². The van der Waals surface area contributed by atoms with E-state index < -0.39 is 40.0 Å². The van der Waals surface area contributed by atoms with E-state index in [1.165, 1.54) is 6.07 Å². The molecule has 0 bridgehead atoms. The monoisotopic (exact) mass is 618 g/mol. The van der Waals surface area contributed by atoms with Gasteiger partial charge in [-0.25, -0.2) is 17.9 Å². The molecule has 1 heterocycles. The second kappa shape index (κ2) is 14.1. The number of hydrogen-bond donors (Lipinski definition) is 4. The number of aryl methyl sites for hydroxylation is 1. The molecule has 4 N–H and O–H groups in total. The Morgan fingerprint density at radius 2 is 1.59 bits per heavy atom. The normalized spacial score (nSPS) is 12.7. The highest BCUT2D eigenvalue weighted by Crippen LogP contribution is 2.28. The lowest BCUT2D eigenvalue weighted by atomic mass is 10.0. The molecule has 0 fully saturated rings. The minimum atomic E-state index is -4.05. The average molecular weight is 619 g/mol. The van der Waals surface area contributed by atoms with Crippen LogP contribution in [0, 0.1) is 0 Å². The van der Waals surface area contributed by atoms with Crippen LogP contribution in [0.1, 0.15) is 47.6 Å². The number of benzene rings is 3. The summed E-state index contributed by atoms with van der Waals surface area (Å²) in [5.74, 6) is -2.73. The highest BCUT2D eigenvalue weighted by atomic mass is 32.2. The second-order valence-corrected chi connectivity index (χ2v) is 12.0. The van der Waals surface area contributed by atoms with E-state index in [4.69, 9.17) is 0 Å². The van der Waals surface area contributed by atoms with Crippen molar-refractivity contribution >= 4 is 27.8 Å². The third kappa shape index (κ3) is 7.97. The van der Waals surface area contributed by atoms with Crippen LogP contribution in [0.3, 0.4) is 0 Å². The zero-order valence-electron chi connectivity index (χ0n) is 24.3. The molecule has 1 aromatic heterocycles. The summed E-state index contributed by atoms with van der Waals surface area (Å²) in [6, 6.07) is 23.1. The molecule has 0 aliphatic rings. The molecule has 0 radical (unpaired) electrons. The van der Waals surface area contributed by atoms with Gasteiger partial charge < -0.3 is 15.5 Å². The van der Waals surface area contributed by atoms with Crippen molar-refractivity contribution in [1.82, 2.24) is 19.8 Å². The van der Waals surface area contributed by atoms with Crippen molar-refractivity contribution in [2.75, 3.05) is 0 Å². The van der Waals surface area contributed by atoms with E-state index >= 15 is 0 Å². The van der Waals surface area contributed by atoms with Gasteiger partial charge in [-0.05, 0) is 41.7 Å². The molecule has 4 aromatic rings. The van der Waals surface area contributed by atoms with E-state index in [-0.39, 0.29) is 17.0 Å². The maximum Gasteiger partial charge on any atom is 0.334 e. The number of aromatic nitrogens is 2. The van der Waals surface area contributed by atoms with Gasteiger partial charge in [0.15, 0.2) is 6.10 Å². The number of carboxylic acid groups (broad SMARTS) is 1. The first-order chi connectivity index (χ1) is 21.0. The maximum absolute atomic E-state index is 13.2. The van der Waals surface area contributed by atoms with Gasteiger partial charge in [0, 0.05) is 18.2 Å². The largest absolute Gasteiger partial charge is 0.479 e. The minimum Gasteiger partial charge on any atom is -0.479 e. The molecule has 3 aromatic carbocycles. The average Bonchev–Trinajstić information content (AvgIpc) is 3.39. The summed E-state index contributed by atoms with van der Waals surface area (Å²) >= 11 is 0. The van der Waals surface area contributed by atoms with Crippen LogP contribution >= 0.6 is 0 Å². The Morgan fingerprint density at radius 1 is 0.932 bits per heavy atom. The van der Waals surface area contributed by atoms with Gasteiger partial charge in [0.1, 0.15) is 5.69 Å². The van der Waals surface area contributed by atoms with Gasteiger partial charge in [0.2, 0.25) is 5.91 Å². The van der Waals surface area contributed by atoms with Crippen molar-refractivity contribution < 1.29 is 33.0 Å². The number of amides is 2. The SMILES string of the molecule is CCCc1cc(C(=O)N[C@H](Cc2ccccc2)[C@@H](O)C(=O)O)nn1Cc1ccc(-c2ccccc2S(=O)(=O)NC(C)=O)cc1. The first kappa shape index (κ1) is 32.1. The molecule has 44 heavy (non-hydrogen) atoms. The molecular formula is C32H34N4O7S. The Labute approximate surface area is 255 Å². The number of carbonyl (C=O) groups is 3. The number of sulfonamides is 1. The number of rotatable bonds is 13. The highest BCUT2D eigenvalue weighted by Gasteiger charge is 2.29. The number of aliphatic hydroxyl groups is 1. The topological polar surface area (TPSA) is 168 Å². The lowest BCUT2D eigenvalue weighted by molar-refractivity contribution is -0.148.